The predicted octanol–water partition coefficient (Wildman–Crippen LogP) is 2.40. The Kier molecular flexibility index (Phi) is 3.87. The van der Waals surface area contributed by atoms with E-state index in [1.165, 1.54) is 30.7 Å². The molecule has 1 atom stereocenters. The number of carbonyl (C=O) groups is 2. The highest BCUT2D eigenvalue weighted by atomic mass is 19.4. The molecule has 5 nitrogen and oxygen atoms in total. The van der Waals surface area contributed by atoms with E-state index in [-0.39, 0.29) is 11.1 Å². The normalized spacial score (nSPS) is 13.1. The number of hydrogen-bond donors (Lipinski definition) is 2. The average Bonchev–Trinajstić information content (AvgIpc) is 2.74. The van der Waals surface area contributed by atoms with Crippen molar-refractivity contribution in [2.75, 3.05) is 0 Å². The van der Waals surface area contributed by atoms with Crippen LogP contribution in [0.2, 0.25) is 0 Å². The molecule has 0 unspecified atom stereocenters. The van der Waals surface area contributed by atoms with E-state index in [1.54, 1.807) is 0 Å². The number of halogens is 3. The molecule has 0 spiro atoms. The number of hydrogen-bond acceptors (Lipinski definition) is 2. The van der Waals surface area contributed by atoms with E-state index >= 15 is 0 Å². The molecule has 0 saturated heterocycles. The van der Waals surface area contributed by atoms with Crippen molar-refractivity contribution in [1.29, 1.82) is 0 Å². The summed E-state index contributed by atoms with van der Waals surface area (Å²) in [6.45, 7) is 1.30. The lowest BCUT2D eigenvalue weighted by molar-refractivity contribution is -0.139. The van der Waals surface area contributed by atoms with Gasteiger partial charge in [-0.15, -0.1) is 0 Å². The molecule has 118 valence electrons. The molecule has 22 heavy (non-hydrogen) atoms. The van der Waals surface area contributed by atoms with Gasteiger partial charge in [0, 0.05) is 18.0 Å². The first-order valence-corrected chi connectivity index (χ1v) is 6.31. The van der Waals surface area contributed by atoms with Crippen LogP contribution in [0.25, 0.3) is 10.9 Å². The largest absolute Gasteiger partial charge is 0.480 e. The molecule has 0 bridgehead atoms. The van der Waals surface area contributed by atoms with Crippen molar-refractivity contribution in [3.05, 3.63) is 35.5 Å². The number of aliphatic carboxylic acids is 1. The summed E-state index contributed by atoms with van der Waals surface area (Å²) < 4.78 is 39.5. The second-order valence-electron chi connectivity index (χ2n) is 4.89. The van der Waals surface area contributed by atoms with Crippen molar-refractivity contribution < 1.29 is 27.9 Å². The molecule has 1 aromatic heterocycles. The van der Waals surface area contributed by atoms with Crippen LogP contribution in [0.3, 0.4) is 0 Å². The Morgan fingerprint density at radius 2 is 1.91 bits per heavy atom. The fourth-order valence-corrected chi connectivity index (χ4v) is 2.08. The summed E-state index contributed by atoms with van der Waals surface area (Å²) in [5.74, 6) is -1.87. The maximum absolute atomic E-state index is 12.7. The Morgan fingerprint density at radius 1 is 1.27 bits per heavy atom. The number of fused-ring (bicyclic) bond motifs is 1. The van der Waals surface area contributed by atoms with Crippen molar-refractivity contribution in [3.63, 3.8) is 0 Å². The van der Waals surface area contributed by atoms with Crippen LogP contribution in [0.5, 0.6) is 0 Å². The van der Waals surface area contributed by atoms with Gasteiger partial charge in [-0.05, 0) is 31.2 Å². The number of carboxylic acid groups (broad SMARTS) is 1. The number of alkyl halides is 3. The number of aryl methyl sites for hydroxylation is 1. The highest BCUT2D eigenvalue weighted by molar-refractivity contribution is 6.00. The van der Waals surface area contributed by atoms with Gasteiger partial charge >= 0.3 is 12.1 Å². The van der Waals surface area contributed by atoms with Crippen LogP contribution in [0.15, 0.2) is 24.3 Å². The fourth-order valence-electron chi connectivity index (χ4n) is 2.08. The first kappa shape index (κ1) is 15.9. The quantitative estimate of drug-likeness (QED) is 0.914. The summed E-state index contributed by atoms with van der Waals surface area (Å²) in [6, 6.07) is 3.36. The van der Waals surface area contributed by atoms with Gasteiger partial charge in [0.1, 0.15) is 11.7 Å². The van der Waals surface area contributed by atoms with Crippen molar-refractivity contribution in [3.8, 4) is 0 Å². The van der Waals surface area contributed by atoms with Crippen molar-refractivity contribution in [2.24, 2.45) is 7.05 Å². The second kappa shape index (κ2) is 5.36. The molecule has 8 heteroatoms. The highest BCUT2D eigenvalue weighted by Crippen LogP contribution is 2.32. The van der Waals surface area contributed by atoms with Gasteiger partial charge in [0.2, 0.25) is 0 Å². The van der Waals surface area contributed by atoms with Crippen molar-refractivity contribution in [2.45, 2.75) is 19.1 Å². The van der Waals surface area contributed by atoms with Crippen LogP contribution in [-0.2, 0) is 18.0 Å². The number of carboxylic acids is 1. The van der Waals surface area contributed by atoms with Gasteiger partial charge < -0.3 is 15.0 Å². The number of carbonyl (C=O) groups excluding carboxylic acids is 1. The van der Waals surface area contributed by atoms with E-state index in [1.807, 2.05) is 0 Å². The Hall–Kier alpha value is -2.51. The van der Waals surface area contributed by atoms with E-state index in [2.05, 4.69) is 5.32 Å². The summed E-state index contributed by atoms with van der Waals surface area (Å²) in [7, 11) is 1.52. The zero-order valence-corrected chi connectivity index (χ0v) is 11.7. The number of amides is 1. The fraction of sp³-hybridized carbons (Fsp3) is 0.286. The number of nitrogens with one attached hydrogen (secondary N) is 1. The van der Waals surface area contributed by atoms with Crippen LogP contribution in [0, 0.1) is 0 Å². The van der Waals surface area contributed by atoms with Crippen LogP contribution in [0.1, 0.15) is 23.0 Å². The number of nitrogens with zero attached hydrogens (tertiary/aromatic N) is 1. The molecule has 0 radical (unpaired) electrons. The third kappa shape index (κ3) is 2.90. The molecule has 0 aliphatic carbocycles. The number of rotatable bonds is 3. The molecule has 0 aliphatic rings. The van der Waals surface area contributed by atoms with Gasteiger partial charge in [-0.2, -0.15) is 13.2 Å². The van der Waals surface area contributed by atoms with Crippen LogP contribution in [0.4, 0.5) is 13.2 Å². The van der Waals surface area contributed by atoms with Crippen molar-refractivity contribution >= 4 is 22.8 Å². The SMILES string of the molecule is C[C@H](NC(=O)c1cc2cc(C(F)(F)F)ccc2n1C)C(=O)O. The number of aromatic nitrogens is 1. The maximum atomic E-state index is 12.7. The summed E-state index contributed by atoms with van der Waals surface area (Å²) in [6.07, 6.45) is -4.47. The van der Waals surface area contributed by atoms with E-state index < -0.39 is 29.7 Å². The Morgan fingerprint density at radius 3 is 2.45 bits per heavy atom. The molecule has 1 aromatic carbocycles. The smallest absolute Gasteiger partial charge is 0.416 e. The van der Waals surface area contributed by atoms with E-state index in [9.17, 15) is 22.8 Å². The molecule has 1 amide bonds. The highest BCUT2D eigenvalue weighted by Gasteiger charge is 2.31. The second-order valence-corrected chi connectivity index (χ2v) is 4.89. The summed E-state index contributed by atoms with van der Waals surface area (Å²) in [4.78, 5) is 22.7. The van der Waals surface area contributed by atoms with Gasteiger partial charge in [0.05, 0.1) is 5.56 Å². The van der Waals surface area contributed by atoms with Crippen LogP contribution >= 0.6 is 0 Å². The predicted molar refractivity (Wildman–Crippen MR) is 72.5 cm³/mol. The minimum Gasteiger partial charge on any atom is -0.480 e. The van der Waals surface area contributed by atoms with Gasteiger partial charge in [0.25, 0.3) is 5.91 Å². The lowest BCUT2D eigenvalue weighted by Crippen LogP contribution is -2.39. The molecule has 2 rings (SSSR count). The molecule has 0 saturated carbocycles. The molecule has 0 aliphatic heterocycles. The van der Waals surface area contributed by atoms with Gasteiger partial charge in [-0.25, -0.2) is 0 Å². The topological polar surface area (TPSA) is 71.3 Å². The van der Waals surface area contributed by atoms with Crippen LogP contribution in [-0.4, -0.2) is 27.6 Å². The van der Waals surface area contributed by atoms with E-state index in [4.69, 9.17) is 5.11 Å². The summed E-state index contributed by atoms with van der Waals surface area (Å²) >= 11 is 0. The zero-order valence-electron chi connectivity index (χ0n) is 11.7. The van der Waals surface area contributed by atoms with E-state index in [0.29, 0.717) is 5.52 Å². The molecule has 1 heterocycles. The molecule has 2 N–H and O–H groups in total. The van der Waals surface area contributed by atoms with Gasteiger partial charge in [0.15, 0.2) is 0 Å². The Labute approximate surface area is 123 Å². The zero-order chi connectivity index (χ0) is 16.7. The summed E-state index contributed by atoms with van der Waals surface area (Å²) in [5.41, 5.74) is -0.278. The molecule has 0 fully saturated rings. The minimum atomic E-state index is -4.47. The molecular formula is C14H13F3N2O3. The molecular weight excluding hydrogens is 301 g/mol. The molecule has 2 aromatic rings. The van der Waals surface area contributed by atoms with Gasteiger partial charge in [-0.3, -0.25) is 9.59 Å². The lowest BCUT2D eigenvalue weighted by atomic mass is 10.1. The van der Waals surface area contributed by atoms with Crippen LogP contribution < -0.4 is 5.32 Å². The lowest BCUT2D eigenvalue weighted by Gasteiger charge is -2.10. The first-order valence-electron chi connectivity index (χ1n) is 6.31. The average molecular weight is 314 g/mol. The Bertz CT molecular complexity index is 750. The third-order valence-electron chi connectivity index (χ3n) is 3.32. The maximum Gasteiger partial charge on any atom is 0.416 e. The number of benzene rings is 1. The third-order valence-corrected chi connectivity index (χ3v) is 3.32. The Balaban J connectivity index is 2.42. The minimum absolute atomic E-state index is 0.0856. The van der Waals surface area contributed by atoms with Crippen molar-refractivity contribution in [1.82, 2.24) is 9.88 Å². The van der Waals surface area contributed by atoms with E-state index in [0.717, 1.165) is 12.1 Å². The standard InChI is InChI=1S/C14H13F3N2O3/c1-7(13(21)22)18-12(20)11-6-8-5-9(14(15,16)17)3-4-10(8)19(11)2/h3-7H,1-2H3,(H,18,20)(H,21,22)/t7-/m0/s1. The first-order chi connectivity index (χ1) is 10.1. The summed E-state index contributed by atoms with van der Waals surface area (Å²) in [5, 5.41) is 11.3. The van der Waals surface area contributed by atoms with Gasteiger partial charge in [-0.1, -0.05) is 0 Å². The monoisotopic (exact) mass is 314 g/mol.